The molecule has 0 aliphatic heterocycles. The average Bonchev–Trinajstić information content (AvgIpc) is 3.63. The third-order valence-electron chi connectivity index (χ3n) is 7.77. The number of aryl methyl sites for hydroxylation is 1. The highest BCUT2D eigenvalue weighted by Gasteiger charge is 2.18. The van der Waals surface area contributed by atoms with Gasteiger partial charge >= 0.3 is 0 Å². The monoisotopic (exact) mass is 553 g/mol. The zero-order chi connectivity index (χ0) is 28.5. The van der Waals surface area contributed by atoms with Crippen LogP contribution in [0.15, 0.2) is 108 Å². The molecule has 3 aromatic heterocycles. The van der Waals surface area contributed by atoms with Crippen LogP contribution in [0.1, 0.15) is 17.5 Å². The molecule has 4 N–H and O–H groups in total. The van der Waals surface area contributed by atoms with Gasteiger partial charge in [-0.3, -0.25) is 9.89 Å². The van der Waals surface area contributed by atoms with Crippen LogP contribution in [0, 0.1) is 0 Å². The van der Waals surface area contributed by atoms with Crippen LogP contribution in [-0.2, 0) is 19.6 Å². The van der Waals surface area contributed by atoms with E-state index in [4.69, 9.17) is 10.7 Å². The maximum Gasteiger partial charge on any atom is 0.275 e. The molecule has 0 saturated carbocycles. The first kappa shape index (κ1) is 25.7. The second-order valence-corrected chi connectivity index (χ2v) is 10.6. The van der Waals surface area contributed by atoms with Gasteiger partial charge < -0.3 is 20.2 Å². The summed E-state index contributed by atoms with van der Waals surface area (Å²) in [7, 11) is 0. The molecule has 0 spiro atoms. The van der Waals surface area contributed by atoms with Crippen LogP contribution in [0.5, 0.6) is 0 Å². The minimum absolute atomic E-state index is 0.223. The third-order valence-corrected chi connectivity index (χ3v) is 7.77. The summed E-state index contributed by atoms with van der Waals surface area (Å²) in [5.41, 5.74) is 13.7. The van der Waals surface area contributed by atoms with E-state index < -0.39 is 0 Å². The summed E-state index contributed by atoms with van der Waals surface area (Å²) in [6.07, 6.45) is 4.61. The van der Waals surface area contributed by atoms with Gasteiger partial charge in [-0.05, 0) is 54.4 Å². The van der Waals surface area contributed by atoms with Crippen LogP contribution in [0.3, 0.4) is 0 Å². The van der Waals surface area contributed by atoms with Crippen LogP contribution in [0.25, 0.3) is 44.1 Å². The predicted molar refractivity (Wildman–Crippen MR) is 169 cm³/mol. The van der Waals surface area contributed by atoms with Crippen molar-refractivity contribution >= 4 is 38.5 Å². The molecule has 7 aromatic rings. The lowest BCUT2D eigenvalue weighted by Gasteiger charge is -2.26. The Hall–Kier alpha value is -5.21. The highest BCUT2D eigenvalue weighted by molar-refractivity contribution is 5.99. The van der Waals surface area contributed by atoms with E-state index in [0.717, 1.165) is 59.1 Å². The van der Waals surface area contributed by atoms with Crippen molar-refractivity contribution in [3.8, 4) is 11.3 Å². The number of H-pyrrole nitrogens is 2. The molecule has 0 saturated heterocycles. The molecular formula is C34H31N7O. The highest BCUT2D eigenvalue weighted by Crippen LogP contribution is 2.33. The topological polar surface area (TPSA) is 109 Å². The minimum atomic E-state index is -0.223. The molecule has 3 heterocycles. The summed E-state index contributed by atoms with van der Waals surface area (Å²) in [6.45, 7) is 2.84. The van der Waals surface area contributed by atoms with Crippen LogP contribution >= 0.6 is 0 Å². The van der Waals surface area contributed by atoms with Crippen LogP contribution in [0.4, 0.5) is 5.69 Å². The number of nitrogens with one attached hydrogen (secondary N) is 2. The van der Waals surface area contributed by atoms with Gasteiger partial charge in [-0.25, -0.2) is 4.98 Å². The van der Waals surface area contributed by atoms with Crippen LogP contribution in [0.2, 0.25) is 0 Å². The van der Waals surface area contributed by atoms with Gasteiger partial charge in [0.2, 0.25) is 0 Å². The summed E-state index contributed by atoms with van der Waals surface area (Å²) < 4.78 is 2.18. The smallest absolute Gasteiger partial charge is 0.275 e. The number of rotatable bonds is 9. The molecule has 0 aliphatic rings. The van der Waals surface area contributed by atoms with Crippen LogP contribution < -0.4 is 16.2 Å². The van der Waals surface area contributed by atoms with Gasteiger partial charge in [-0.15, -0.1) is 0 Å². The molecule has 0 bridgehead atoms. The fourth-order valence-electron chi connectivity index (χ4n) is 5.67. The Morgan fingerprint density at radius 1 is 0.857 bits per heavy atom. The minimum Gasteiger partial charge on any atom is -0.363 e. The Balaban J connectivity index is 1.38. The summed E-state index contributed by atoms with van der Waals surface area (Å²) in [5.74, 6) is 0. The van der Waals surface area contributed by atoms with E-state index in [2.05, 4.69) is 91.4 Å². The standard InChI is InChI=1S/C34H31N7O/c35-14-7-15-40-22-28(33-34(42)38-30-16-25-19-36-39-29(25)18-31(30)37-33)27-17-26(12-13-32(27)40)41(20-23-8-3-1-4-9-23)21-24-10-5-2-6-11-24/h1-6,8-13,16-19,22H,7,14-15,20-21,35H2,(H,36,39)(H,38,42). The van der Waals surface area contributed by atoms with Gasteiger partial charge in [0.1, 0.15) is 5.69 Å². The summed E-state index contributed by atoms with van der Waals surface area (Å²) >= 11 is 0. The molecule has 8 heteroatoms. The normalized spacial score (nSPS) is 11.5. The maximum absolute atomic E-state index is 13.5. The quantitative estimate of drug-likeness (QED) is 0.204. The predicted octanol–water partition coefficient (Wildman–Crippen LogP) is 5.98. The third kappa shape index (κ3) is 4.93. The molecule has 208 valence electrons. The number of aromatic nitrogens is 5. The number of benzene rings is 4. The van der Waals surface area contributed by atoms with E-state index in [9.17, 15) is 4.79 Å². The number of nitrogens with zero attached hydrogens (tertiary/aromatic N) is 4. The molecule has 7 rings (SSSR count). The van der Waals surface area contributed by atoms with Crippen molar-refractivity contribution in [2.24, 2.45) is 5.73 Å². The number of nitrogens with two attached hydrogens (primary N) is 1. The van der Waals surface area contributed by atoms with Crippen molar-refractivity contribution in [3.63, 3.8) is 0 Å². The average molecular weight is 554 g/mol. The molecule has 0 atom stereocenters. The largest absolute Gasteiger partial charge is 0.363 e. The van der Waals surface area contributed by atoms with Crippen molar-refractivity contribution in [1.82, 2.24) is 24.7 Å². The molecule has 0 unspecified atom stereocenters. The van der Waals surface area contributed by atoms with Gasteiger partial charge in [0.15, 0.2) is 0 Å². The van der Waals surface area contributed by atoms with Crippen LogP contribution in [-0.4, -0.2) is 31.3 Å². The van der Waals surface area contributed by atoms with E-state index in [0.29, 0.717) is 23.3 Å². The van der Waals surface area contributed by atoms with E-state index in [-0.39, 0.29) is 5.56 Å². The molecule has 0 fully saturated rings. The fraction of sp³-hybridized carbons (Fsp3) is 0.147. The molecule has 8 nitrogen and oxygen atoms in total. The van der Waals surface area contributed by atoms with Gasteiger partial charge in [-0.1, -0.05) is 60.7 Å². The Morgan fingerprint density at radius 2 is 1.60 bits per heavy atom. The maximum atomic E-state index is 13.5. The van der Waals surface area contributed by atoms with Crippen molar-refractivity contribution in [2.45, 2.75) is 26.1 Å². The van der Waals surface area contributed by atoms with Crippen molar-refractivity contribution in [1.29, 1.82) is 0 Å². The van der Waals surface area contributed by atoms with Gasteiger partial charge in [0.25, 0.3) is 5.56 Å². The van der Waals surface area contributed by atoms with Crippen molar-refractivity contribution in [3.05, 3.63) is 125 Å². The Labute approximate surface area is 242 Å². The molecular weight excluding hydrogens is 522 g/mol. The Bertz CT molecular complexity index is 2020. The molecule has 0 aliphatic carbocycles. The molecule has 4 aromatic carbocycles. The fourth-order valence-corrected chi connectivity index (χ4v) is 5.67. The first-order valence-electron chi connectivity index (χ1n) is 14.2. The van der Waals surface area contributed by atoms with Gasteiger partial charge in [-0.2, -0.15) is 5.10 Å². The molecule has 0 radical (unpaired) electrons. The molecule has 42 heavy (non-hydrogen) atoms. The first-order chi connectivity index (χ1) is 20.7. The number of anilines is 1. The Morgan fingerprint density at radius 3 is 2.31 bits per heavy atom. The van der Waals surface area contributed by atoms with Gasteiger partial charge in [0.05, 0.1) is 22.7 Å². The van der Waals surface area contributed by atoms with Crippen molar-refractivity contribution < 1.29 is 0 Å². The lowest BCUT2D eigenvalue weighted by atomic mass is 10.1. The second-order valence-electron chi connectivity index (χ2n) is 10.6. The number of aromatic amines is 2. The van der Waals surface area contributed by atoms with Gasteiger partial charge in [0, 0.05) is 53.4 Å². The van der Waals surface area contributed by atoms with E-state index in [1.54, 1.807) is 6.20 Å². The SMILES string of the molecule is NCCCn1cc(-c2nc3cc4[nH]ncc4cc3[nH]c2=O)c2cc(N(Cc3ccccc3)Cc3ccccc3)ccc21. The lowest BCUT2D eigenvalue weighted by molar-refractivity contribution is 0.671. The second kappa shape index (κ2) is 11.0. The summed E-state index contributed by atoms with van der Waals surface area (Å²) in [6, 6.07) is 31.3. The molecule has 0 amide bonds. The van der Waals surface area contributed by atoms with E-state index >= 15 is 0 Å². The highest BCUT2D eigenvalue weighted by atomic mass is 16.1. The van der Waals surface area contributed by atoms with Crippen molar-refractivity contribution in [2.75, 3.05) is 11.4 Å². The van der Waals surface area contributed by atoms with E-state index in [1.807, 2.05) is 30.5 Å². The Kier molecular flexibility index (Phi) is 6.73. The lowest BCUT2D eigenvalue weighted by Crippen LogP contribution is -2.22. The summed E-state index contributed by atoms with van der Waals surface area (Å²) in [4.78, 5) is 23.8. The first-order valence-corrected chi connectivity index (χ1v) is 14.2. The van der Waals surface area contributed by atoms with E-state index in [1.165, 1.54) is 11.1 Å². The zero-order valence-electron chi connectivity index (χ0n) is 23.1. The number of hydrogen-bond acceptors (Lipinski definition) is 5. The zero-order valence-corrected chi connectivity index (χ0v) is 23.1. The summed E-state index contributed by atoms with van der Waals surface area (Å²) in [5, 5.41) is 9.03. The number of fused-ring (bicyclic) bond motifs is 3. The number of hydrogen-bond donors (Lipinski definition) is 3.